The Kier molecular flexibility index (Phi) is 5.73. The molecule has 1 saturated heterocycles. The summed E-state index contributed by atoms with van der Waals surface area (Å²) < 4.78 is 1.78. The molecule has 0 N–H and O–H groups in total. The number of carbonyl (C=O) groups is 1. The van der Waals surface area contributed by atoms with Crippen LogP contribution in [0.4, 0.5) is 0 Å². The molecule has 1 aliphatic rings. The first-order valence-corrected chi connectivity index (χ1v) is 11.0. The number of Topliss-reactive ketones (excluding diaryl/α,β-unsaturated/α-hetero) is 1. The average molecular weight is 427 g/mol. The van der Waals surface area contributed by atoms with Gasteiger partial charge in [0.1, 0.15) is 5.78 Å². The van der Waals surface area contributed by atoms with Gasteiger partial charge in [-0.15, -0.1) is 0 Å². The minimum absolute atomic E-state index is 0.104. The van der Waals surface area contributed by atoms with E-state index in [1.54, 1.807) is 10.9 Å². The van der Waals surface area contributed by atoms with Crippen LogP contribution in [-0.2, 0) is 24.8 Å². The molecule has 4 aromatic rings. The maximum absolute atomic E-state index is 13.0. The number of hydrogen-bond acceptors (Lipinski definition) is 6. The maximum atomic E-state index is 13.0. The Morgan fingerprint density at radius 3 is 2.62 bits per heavy atom. The second kappa shape index (κ2) is 8.96. The van der Waals surface area contributed by atoms with Gasteiger partial charge in [0.15, 0.2) is 0 Å². The summed E-state index contributed by atoms with van der Waals surface area (Å²) in [6, 6.07) is 10.1. The van der Waals surface area contributed by atoms with E-state index in [1.165, 1.54) is 0 Å². The molecule has 0 aromatic carbocycles. The van der Waals surface area contributed by atoms with Crippen molar-refractivity contribution in [3.63, 3.8) is 0 Å². The fourth-order valence-corrected chi connectivity index (χ4v) is 4.36. The Balaban J connectivity index is 1.22. The number of aromatic nitrogens is 5. The number of nitrogens with zero attached hydrogens (tertiary/aromatic N) is 6. The van der Waals surface area contributed by atoms with Gasteiger partial charge in [-0.1, -0.05) is 6.07 Å². The summed E-state index contributed by atoms with van der Waals surface area (Å²) in [5, 5.41) is 5.23. The first-order valence-electron chi connectivity index (χ1n) is 11.0. The third kappa shape index (κ3) is 4.57. The molecule has 0 saturated carbocycles. The third-order valence-corrected chi connectivity index (χ3v) is 6.17. The van der Waals surface area contributed by atoms with Crippen molar-refractivity contribution in [2.75, 3.05) is 13.1 Å². The van der Waals surface area contributed by atoms with Gasteiger partial charge in [-0.2, -0.15) is 5.10 Å². The van der Waals surface area contributed by atoms with Crippen molar-refractivity contribution >= 4 is 16.7 Å². The predicted molar refractivity (Wildman–Crippen MR) is 123 cm³/mol. The normalized spacial score (nSPS) is 15.3. The highest BCUT2D eigenvalue weighted by atomic mass is 16.1. The Bertz CT molecular complexity index is 1230. The van der Waals surface area contributed by atoms with Crippen molar-refractivity contribution in [3.05, 3.63) is 72.7 Å². The Morgan fingerprint density at radius 2 is 1.88 bits per heavy atom. The van der Waals surface area contributed by atoms with Gasteiger partial charge < -0.3 is 0 Å². The largest absolute Gasteiger partial charge is 0.299 e. The minimum Gasteiger partial charge on any atom is -0.299 e. The summed E-state index contributed by atoms with van der Waals surface area (Å²) in [6.07, 6.45) is 11.4. The van der Waals surface area contributed by atoms with Gasteiger partial charge in [-0.3, -0.25) is 29.3 Å². The highest BCUT2D eigenvalue weighted by Gasteiger charge is 2.25. The van der Waals surface area contributed by atoms with Crippen molar-refractivity contribution in [2.45, 2.75) is 25.8 Å². The number of piperidine rings is 1. The molecule has 0 bridgehead atoms. The first-order chi connectivity index (χ1) is 15.6. The Labute approximate surface area is 187 Å². The molecule has 0 radical (unpaired) electrons. The number of fused-ring (bicyclic) bond motifs is 1. The lowest BCUT2D eigenvalue weighted by molar-refractivity contribution is -0.123. The van der Waals surface area contributed by atoms with Gasteiger partial charge in [0, 0.05) is 66.7 Å². The zero-order valence-electron chi connectivity index (χ0n) is 18.2. The second-order valence-electron chi connectivity index (χ2n) is 8.51. The van der Waals surface area contributed by atoms with Crippen molar-refractivity contribution in [3.8, 4) is 11.1 Å². The summed E-state index contributed by atoms with van der Waals surface area (Å²) >= 11 is 0. The van der Waals surface area contributed by atoms with Crippen LogP contribution in [0, 0.1) is 5.92 Å². The molecule has 7 heteroatoms. The number of aryl methyl sites for hydroxylation is 1. The summed E-state index contributed by atoms with van der Waals surface area (Å²) in [5.74, 6) is 0.387. The van der Waals surface area contributed by atoms with Crippen molar-refractivity contribution in [1.82, 2.24) is 29.6 Å². The van der Waals surface area contributed by atoms with Crippen LogP contribution in [0.3, 0.4) is 0 Å². The molecule has 5 heterocycles. The number of hydrogen-bond donors (Lipinski definition) is 0. The van der Waals surface area contributed by atoms with Crippen molar-refractivity contribution < 1.29 is 4.79 Å². The van der Waals surface area contributed by atoms with Crippen LogP contribution in [-0.4, -0.2) is 48.5 Å². The lowest BCUT2D eigenvalue weighted by Gasteiger charge is -2.30. The lowest BCUT2D eigenvalue weighted by Crippen LogP contribution is -2.36. The fourth-order valence-electron chi connectivity index (χ4n) is 4.36. The number of likely N-dealkylation sites (tertiary alicyclic amines) is 1. The van der Waals surface area contributed by atoms with Crippen LogP contribution in [0.15, 0.2) is 61.3 Å². The maximum Gasteiger partial charge on any atom is 0.142 e. The molecular weight excluding hydrogens is 400 g/mol. The zero-order chi connectivity index (χ0) is 21.9. The van der Waals surface area contributed by atoms with Crippen molar-refractivity contribution in [1.29, 1.82) is 0 Å². The topological polar surface area (TPSA) is 76.8 Å². The van der Waals surface area contributed by atoms with Crippen LogP contribution < -0.4 is 0 Å². The average Bonchev–Trinajstić information content (AvgIpc) is 3.26. The summed E-state index contributed by atoms with van der Waals surface area (Å²) in [5.41, 5.74) is 4.75. The van der Waals surface area contributed by atoms with Gasteiger partial charge in [-0.05, 0) is 50.2 Å². The van der Waals surface area contributed by atoms with E-state index < -0.39 is 0 Å². The first kappa shape index (κ1) is 20.5. The standard InChI is InChI=1S/C25H26N6O/c1-30-16-21(14-29-30)20-10-19-11-23(27-15-24(19)28-13-20)12-25(32)18-5-8-31(9-6-18)17-22-4-2-3-7-26-22/h2-4,7,10-11,13-16,18H,5-6,8-9,12,17H2,1H3. The van der Waals surface area contributed by atoms with E-state index >= 15 is 0 Å². The fraction of sp³-hybridized carbons (Fsp3) is 0.320. The number of rotatable bonds is 6. The molecule has 4 aromatic heterocycles. The molecule has 7 nitrogen and oxygen atoms in total. The minimum atomic E-state index is 0.104. The lowest BCUT2D eigenvalue weighted by atomic mass is 9.90. The Morgan fingerprint density at radius 1 is 1.00 bits per heavy atom. The van der Waals surface area contributed by atoms with E-state index in [-0.39, 0.29) is 11.7 Å². The highest BCUT2D eigenvalue weighted by molar-refractivity contribution is 5.86. The van der Waals surface area contributed by atoms with E-state index in [0.29, 0.717) is 6.42 Å². The summed E-state index contributed by atoms with van der Waals surface area (Å²) in [7, 11) is 1.90. The van der Waals surface area contributed by atoms with Crippen LogP contribution in [0.1, 0.15) is 24.2 Å². The molecule has 0 unspecified atom stereocenters. The number of ketones is 1. The number of carbonyl (C=O) groups excluding carboxylic acids is 1. The number of pyridine rings is 3. The third-order valence-electron chi connectivity index (χ3n) is 6.17. The zero-order valence-corrected chi connectivity index (χ0v) is 18.2. The van der Waals surface area contributed by atoms with E-state index in [0.717, 1.165) is 65.9 Å². The quantitative estimate of drug-likeness (QED) is 0.470. The van der Waals surface area contributed by atoms with Gasteiger partial charge in [-0.25, -0.2) is 0 Å². The molecule has 1 fully saturated rings. The molecule has 0 atom stereocenters. The van der Waals surface area contributed by atoms with Gasteiger partial charge in [0.05, 0.1) is 23.6 Å². The molecule has 0 amide bonds. The Hall–Kier alpha value is -3.45. The molecule has 162 valence electrons. The SMILES string of the molecule is Cn1cc(-c2cnc3cnc(CC(=O)C4CCN(Cc5ccccn5)CC4)cc3c2)cn1. The molecule has 0 spiro atoms. The van der Waals surface area contributed by atoms with Crippen LogP contribution in [0.2, 0.25) is 0 Å². The smallest absolute Gasteiger partial charge is 0.142 e. The van der Waals surface area contributed by atoms with Gasteiger partial charge in [0.25, 0.3) is 0 Å². The van der Waals surface area contributed by atoms with Crippen molar-refractivity contribution in [2.24, 2.45) is 13.0 Å². The van der Waals surface area contributed by atoms with E-state index in [9.17, 15) is 4.79 Å². The molecule has 0 aliphatic carbocycles. The molecule has 1 aliphatic heterocycles. The van der Waals surface area contributed by atoms with E-state index in [2.05, 4.69) is 37.1 Å². The monoisotopic (exact) mass is 426 g/mol. The van der Waals surface area contributed by atoms with Gasteiger partial charge in [0.2, 0.25) is 0 Å². The van der Waals surface area contributed by atoms with Crippen LogP contribution in [0.25, 0.3) is 22.0 Å². The highest BCUT2D eigenvalue weighted by Crippen LogP contribution is 2.24. The molecular formula is C25H26N6O. The molecule has 5 rings (SSSR count). The van der Waals surface area contributed by atoms with E-state index in [1.807, 2.05) is 50.0 Å². The van der Waals surface area contributed by atoms with E-state index in [4.69, 9.17) is 0 Å². The second-order valence-corrected chi connectivity index (χ2v) is 8.51. The summed E-state index contributed by atoms with van der Waals surface area (Å²) in [6.45, 7) is 2.70. The predicted octanol–water partition coefficient (Wildman–Crippen LogP) is 3.45. The van der Waals surface area contributed by atoms with Crippen LogP contribution in [0.5, 0.6) is 0 Å². The molecule has 32 heavy (non-hydrogen) atoms. The summed E-state index contributed by atoms with van der Waals surface area (Å²) in [4.78, 5) is 28.8. The van der Waals surface area contributed by atoms with Crippen LogP contribution >= 0.6 is 0 Å². The van der Waals surface area contributed by atoms with Gasteiger partial charge >= 0.3 is 0 Å².